The first-order valence-corrected chi connectivity index (χ1v) is 8.38. The van der Waals surface area contributed by atoms with E-state index in [1.807, 2.05) is 42.5 Å². The molecule has 0 aliphatic heterocycles. The molecule has 3 rings (SSSR count). The van der Waals surface area contributed by atoms with Gasteiger partial charge in [-0.2, -0.15) is 4.80 Å². The number of rotatable bonds is 4. The fourth-order valence-corrected chi connectivity index (χ4v) is 2.34. The quantitative estimate of drug-likeness (QED) is 0.464. The summed E-state index contributed by atoms with van der Waals surface area (Å²) in [5, 5.41) is 11.9. The van der Waals surface area contributed by atoms with Crippen LogP contribution in [0.1, 0.15) is 10.4 Å². The minimum Gasteiger partial charge on any atom is -0.271 e. The van der Waals surface area contributed by atoms with Crippen molar-refractivity contribution in [2.24, 2.45) is 0 Å². The second kappa shape index (κ2) is 7.83. The van der Waals surface area contributed by atoms with Crippen molar-refractivity contribution in [3.63, 3.8) is 0 Å². The number of hydrazine groups is 1. The monoisotopic (exact) mass is 448 g/mol. The van der Waals surface area contributed by atoms with Gasteiger partial charge in [-0.05, 0) is 52.1 Å². The molecule has 0 saturated heterocycles. The van der Waals surface area contributed by atoms with Crippen LogP contribution in [-0.2, 0) is 11.3 Å². The number of benzene rings is 2. The molecule has 0 fully saturated rings. The van der Waals surface area contributed by atoms with E-state index in [2.05, 4.69) is 48.9 Å². The molecule has 0 bridgehead atoms. The van der Waals surface area contributed by atoms with Crippen LogP contribution in [0, 0.1) is 3.57 Å². The van der Waals surface area contributed by atoms with Crippen LogP contribution in [0.5, 0.6) is 0 Å². The first-order chi connectivity index (χ1) is 12.1. The highest BCUT2D eigenvalue weighted by Crippen LogP contribution is 2.11. The number of amides is 2. The summed E-state index contributed by atoms with van der Waals surface area (Å²) in [5.41, 5.74) is 5.93. The zero-order valence-electron chi connectivity index (χ0n) is 12.9. The van der Waals surface area contributed by atoms with E-state index >= 15 is 0 Å². The van der Waals surface area contributed by atoms with Crippen LogP contribution in [0.15, 0.2) is 54.6 Å². The van der Waals surface area contributed by atoms with E-state index in [0.717, 1.165) is 13.9 Å². The second-order valence-corrected chi connectivity index (χ2v) is 6.26. The average Bonchev–Trinajstić information content (AvgIpc) is 3.09. The molecule has 25 heavy (non-hydrogen) atoms. The van der Waals surface area contributed by atoms with E-state index < -0.39 is 11.8 Å². The Morgan fingerprint density at radius 2 is 1.72 bits per heavy atom. The third-order valence-corrected chi connectivity index (χ3v) is 3.91. The van der Waals surface area contributed by atoms with E-state index in [1.165, 1.54) is 0 Å². The second-order valence-electron chi connectivity index (χ2n) is 5.02. The van der Waals surface area contributed by atoms with Gasteiger partial charge in [-0.3, -0.25) is 20.4 Å². The van der Waals surface area contributed by atoms with Crippen molar-refractivity contribution < 1.29 is 9.59 Å². The number of nitrogens with one attached hydrogen (secondary N) is 2. The summed E-state index contributed by atoms with van der Waals surface area (Å²) in [6.45, 7) is -0.160. The van der Waals surface area contributed by atoms with Crippen molar-refractivity contribution in [3.05, 3.63) is 63.7 Å². The number of tetrazole rings is 1. The first-order valence-electron chi connectivity index (χ1n) is 7.30. The molecule has 0 aliphatic rings. The molecular formula is C16H13IN6O2. The highest BCUT2D eigenvalue weighted by molar-refractivity contribution is 14.1. The molecule has 0 unspecified atom stereocenters. The van der Waals surface area contributed by atoms with Crippen molar-refractivity contribution in [3.8, 4) is 11.4 Å². The SMILES string of the molecule is O=C(Cn1nnc(-c2ccccc2)n1)NNC(=O)c1ccc(I)cc1. The summed E-state index contributed by atoms with van der Waals surface area (Å²) in [6, 6.07) is 16.3. The number of hydrogen-bond donors (Lipinski definition) is 2. The van der Waals surface area contributed by atoms with Crippen molar-refractivity contribution >= 4 is 34.4 Å². The number of hydrogen-bond acceptors (Lipinski definition) is 5. The highest BCUT2D eigenvalue weighted by Gasteiger charge is 2.10. The molecule has 0 radical (unpaired) electrons. The highest BCUT2D eigenvalue weighted by atomic mass is 127. The number of nitrogens with zero attached hydrogens (tertiary/aromatic N) is 4. The molecule has 0 atom stereocenters. The Morgan fingerprint density at radius 1 is 1.00 bits per heavy atom. The van der Waals surface area contributed by atoms with Crippen molar-refractivity contribution in [1.29, 1.82) is 0 Å². The maximum atomic E-state index is 11.9. The van der Waals surface area contributed by atoms with E-state index in [1.54, 1.807) is 12.1 Å². The lowest BCUT2D eigenvalue weighted by atomic mass is 10.2. The lowest BCUT2D eigenvalue weighted by Gasteiger charge is -2.06. The van der Waals surface area contributed by atoms with Crippen molar-refractivity contribution in [1.82, 2.24) is 31.1 Å². The molecule has 9 heteroatoms. The van der Waals surface area contributed by atoms with Gasteiger partial charge in [0.1, 0.15) is 6.54 Å². The number of carbonyl (C=O) groups excluding carboxylic acids is 2. The lowest BCUT2D eigenvalue weighted by molar-refractivity contribution is -0.122. The molecule has 126 valence electrons. The van der Waals surface area contributed by atoms with Gasteiger partial charge in [-0.15, -0.1) is 10.2 Å². The molecule has 3 aromatic rings. The maximum Gasteiger partial charge on any atom is 0.269 e. The summed E-state index contributed by atoms with van der Waals surface area (Å²) >= 11 is 2.15. The number of halogens is 1. The zero-order valence-corrected chi connectivity index (χ0v) is 15.0. The van der Waals surface area contributed by atoms with Gasteiger partial charge in [0.2, 0.25) is 5.82 Å². The maximum absolute atomic E-state index is 11.9. The number of carbonyl (C=O) groups is 2. The lowest BCUT2D eigenvalue weighted by Crippen LogP contribution is -2.43. The van der Waals surface area contributed by atoms with Crippen molar-refractivity contribution in [2.45, 2.75) is 6.54 Å². The predicted molar refractivity (Wildman–Crippen MR) is 98.0 cm³/mol. The molecule has 2 amide bonds. The van der Waals surface area contributed by atoms with Crippen LogP contribution in [0.3, 0.4) is 0 Å². The summed E-state index contributed by atoms with van der Waals surface area (Å²) in [6.07, 6.45) is 0. The third kappa shape index (κ3) is 4.59. The predicted octanol–water partition coefficient (Wildman–Crippen LogP) is 1.41. The van der Waals surface area contributed by atoms with Gasteiger partial charge in [-0.1, -0.05) is 30.3 Å². The van der Waals surface area contributed by atoms with E-state index in [9.17, 15) is 9.59 Å². The van der Waals surface area contributed by atoms with E-state index in [-0.39, 0.29) is 6.54 Å². The molecule has 1 aromatic heterocycles. The van der Waals surface area contributed by atoms with Crippen LogP contribution in [0.2, 0.25) is 0 Å². The van der Waals surface area contributed by atoms with E-state index in [0.29, 0.717) is 11.4 Å². The fourth-order valence-electron chi connectivity index (χ4n) is 1.98. The van der Waals surface area contributed by atoms with Gasteiger partial charge in [0.15, 0.2) is 0 Å². The van der Waals surface area contributed by atoms with E-state index in [4.69, 9.17) is 0 Å². The van der Waals surface area contributed by atoms with Gasteiger partial charge < -0.3 is 0 Å². The summed E-state index contributed by atoms with van der Waals surface area (Å²) in [7, 11) is 0. The normalized spacial score (nSPS) is 10.3. The molecule has 2 N–H and O–H groups in total. The van der Waals surface area contributed by atoms with Crippen LogP contribution < -0.4 is 10.9 Å². The largest absolute Gasteiger partial charge is 0.271 e. The van der Waals surface area contributed by atoms with Crippen LogP contribution in [0.25, 0.3) is 11.4 Å². The fraction of sp³-hybridized carbons (Fsp3) is 0.0625. The summed E-state index contributed by atoms with van der Waals surface area (Å²) in [4.78, 5) is 25.0. The van der Waals surface area contributed by atoms with Crippen LogP contribution >= 0.6 is 22.6 Å². The molecule has 0 aliphatic carbocycles. The average molecular weight is 448 g/mol. The Balaban J connectivity index is 1.54. The topological polar surface area (TPSA) is 102 Å². The van der Waals surface area contributed by atoms with Crippen molar-refractivity contribution in [2.75, 3.05) is 0 Å². The number of aromatic nitrogens is 4. The molecule has 1 heterocycles. The standard InChI is InChI=1S/C16H13IN6O2/c17-13-8-6-12(7-9-13)16(25)20-18-14(24)10-23-21-15(19-22-23)11-4-2-1-3-5-11/h1-9H,10H2,(H,18,24)(H,20,25). The Kier molecular flexibility index (Phi) is 5.33. The Hall–Kier alpha value is -2.82. The van der Waals surface area contributed by atoms with Crippen LogP contribution in [-0.4, -0.2) is 32.0 Å². The Labute approximate surface area is 156 Å². The van der Waals surface area contributed by atoms with Gasteiger partial charge in [0, 0.05) is 14.7 Å². The Bertz CT molecular complexity index is 879. The summed E-state index contributed by atoms with van der Waals surface area (Å²) < 4.78 is 1.02. The molecule has 8 nitrogen and oxygen atoms in total. The smallest absolute Gasteiger partial charge is 0.269 e. The zero-order chi connectivity index (χ0) is 17.6. The van der Waals surface area contributed by atoms with Gasteiger partial charge in [-0.25, -0.2) is 0 Å². The Morgan fingerprint density at radius 3 is 2.44 bits per heavy atom. The van der Waals surface area contributed by atoms with Crippen LogP contribution in [0.4, 0.5) is 0 Å². The van der Waals surface area contributed by atoms with Gasteiger partial charge >= 0.3 is 0 Å². The minimum absolute atomic E-state index is 0.160. The van der Waals surface area contributed by atoms with Gasteiger partial charge in [0.25, 0.3) is 11.8 Å². The summed E-state index contributed by atoms with van der Waals surface area (Å²) in [5.74, 6) is -0.437. The third-order valence-electron chi connectivity index (χ3n) is 3.19. The molecular weight excluding hydrogens is 435 g/mol. The van der Waals surface area contributed by atoms with Gasteiger partial charge in [0.05, 0.1) is 0 Å². The minimum atomic E-state index is -0.462. The molecule has 0 spiro atoms. The molecule has 0 saturated carbocycles. The first kappa shape index (κ1) is 17.0. The molecule has 2 aromatic carbocycles.